The molecule has 9 heteroatoms. The van der Waals surface area contributed by atoms with E-state index < -0.39 is 12.2 Å². The van der Waals surface area contributed by atoms with Gasteiger partial charge in [0.05, 0.1) is 24.6 Å². The highest BCUT2D eigenvalue weighted by atomic mass is 35.5. The lowest BCUT2D eigenvalue weighted by Crippen LogP contribution is -2.43. The van der Waals surface area contributed by atoms with E-state index in [-0.39, 0.29) is 41.5 Å². The van der Waals surface area contributed by atoms with Crippen molar-refractivity contribution in [1.29, 1.82) is 0 Å². The molecule has 2 aromatic rings. The first kappa shape index (κ1) is 14.1. The van der Waals surface area contributed by atoms with Crippen LogP contribution < -0.4 is 5.73 Å². The van der Waals surface area contributed by atoms with Crippen molar-refractivity contribution in [1.82, 2.24) is 19.5 Å². The molecule has 8 nitrogen and oxygen atoms in total. The minimum Gasteiger partial charge on any atom is -0.396 e. The Labute approximate surface area is 130 Å². The molecule has 4 rings (SSSR count). The predicted octanol–water partition coefficient (Wildman–Crippen LogP) is -0.417. The summed E-state index contributed by atoms with van der Waals surface area (Å²) in [4.78, 5) is 12.2. The third kappa shape index (κ3) is 1.72. The smallest absolute Gasteiger partial charge is 0.223 e. The summed E-state index contributed by atoms with van der Waals surface area (Å²) in [6, 6.07) is -0.363. The van der Waals surface area contributed by atoms with Crippen molar-refractivity contribution in [3.05, 3.63) is 11.5 Å². The Morgan fingerprint density at radius 1 is 1.27 bits per heavy atom. The van der Waals surface area contributed by atoms with Gasteiger partial charge in [-0.15, -0.1) is 0 Å². The van der Waals surface area contributed by atoms with Gasteiger partial charge in [0.15, 0.2) is 10.8 Å². The highest BCUT2D eigenvalue weighted by Gasteiger charge is 2.58. The molecule has 0 radical (unpaired) electrons. The Bertz CT molecular complexity index is 738. The summed E-state index contributed by atoms with van der Waals surface area (Å²) in [6.07, 6.45) is 0.861. The van der Waals surface area contributed by atoms with Crippen molar-refractivity contribution in [3.8, 4) is 0 Å². The second-order valence-corrected chi connectivity index (χ2v) is 6.44. The number of nitrogens with zero attached hydrogens (tertiary/aromatic N) is 4. The minimum absolute atomic E-state index is 0.0330. The van der Waals surface area contributed by atoms with Crippen LogP contribution in [0.15, 0.2) is 6.33 Å². The monoisotopic (exact) mass is 325 g/mol. The van der Waals surface area contributed by atoms with Crippen LogP contribution in [0.3, 0.4) is 0 Å². The molecule has 0 spiro atoms. The molecule has 0 saturated heterocycles. The quantitative estimate of drug-likeness (QED) is 0.552. The molecule has 2 aliphatic carbocycles. The average Bonchev–Trinajstić information content (AvgIpc) is 3.10. The van der Waals surface area contributed by atoms with Crippen molar-refractivity contribution >= 4 is 28.7 Å². The van der Waals surface area contributed by atoms with Gasteiger partial charge in [-0.1, -0.05) is 11.6 Å². The Morgan fingerprint density at radius 2 is 2.05 bits per heavy atom. The SMILES string of the molecule is Nc1nc(Cl)c2ncn([C@H]3[C@H](O)[C@@H]4C[C@H]3[C@@H](O)[C@@H]4CO)c2n1. The Morgan fingerprint density at radius 3 is 2.77 bits per heavy atom. The first-order valence-corrected chi connectivity index (χ1v) is 7.53. The second-order valence-electron chi connectivity index (χ2n) is 6.08. The molecular weight excluding hydrogens is 310 g/mol. The zero-order chi connectivity index (χ0) is 15.6. The molecule has 0 unspecified atom stereocenters. The molecule has 0 aliphatic heterocycles. The number of aromatic nitrogens is 4. The lowest BCUT2D eigenvalue weighted by atomic mass is 9.82. The molecule has 118 valence electrons. The van der Waals surface area contributed by atoms with Crippen molar-refractivity contribution in [2.45, 2.75) is 24.7 Å². The number of aliphatic hydroxyl groups is 3. The van der Waals surface area contributed by atoms with Crippen molar-refractivity contribution in [2.75, 3.05) is 12.3 Å². The fraction of sp³-hybridized carbons (Fsp3) is 0.615. The molecule has 2 saturated carbocycles. The molecule has 22 heavy (non-hydrogen) atoms. The average molecular weight is 326 g/mol. The summed E-state index contributed by atoms with van der Waals surface area (Å²) >= 11 is 6.02. The summed E-state index contributed by atoms with van der Waals surface area (Å²) in [7, 11) is 0. The zero-order valence-electron chi connectivity index (χ0n) is 11.5. The van der Waals surface area contributed by atoms with Crippen LogP contribution >= 0.6 is 11.6 Å². The number of anilines is 1. The van der Waals surface area contributed by atoms with Crippen molar-refractivity contribution in [3.63, 3.8) is 0 Å². The van der Waals surface area contributed by atoms with E-state index in [1.165, 1.54) is 0 Å². The molecule has 2 heterocycles. The Hall–Kier alpha value is -1.48. The summed E-state index contributed by atoms with van der Waals surface area (Å²) in [5.41, 5.74) is 6.50. The van der Waals surface area contributed by atoms with Gasteiger partial charge in [-0.3, -0.25) is 0 Å². The van der Waals surface area contributed by atoms with Crippen LogP contribution in [0, 0.1) is 17.8 Å². The van der Waals surface area contributed by atoms with Gasteiger partial charge >= 0.3 is 0 Å². The van der Waals surface area contributed by atoms with E-state index in [4.69, 9.17) is 17.3 Å². The van der Waals surface area contributed by atoms with Crippen molar-refractivity contribution in [2.24, 2.45) is 17.8 Å². The summed E-state index contributed by atoms with van der Waals surface area (Å²) < 4.78 is 1.71. The summed E-state index contributed by atoms with van der Waals surface area (Å²) in [5.74, 6) is -0.549. The van der Waals surface area contributed by atoms with Gasteiger partial charge in [-0.25, -0.2) is 4.98 Å². The van der Waals surface area contributed by atoms with E-state index in [0.717, 1.165) is 0 Å². The maximum absolute atomic E-state index is 10.6. The maximum Gasteiger partial charge on any atom is 0.223 e. The number of hydrogen-bond acceptors (Lipinski definition) is 7. The summed E-state index contributed by atoms with van der Waals surface area (Å²) in [5, 5.41) is 30.5. The van der Waals surface area contributed by atoms with E-state index in [2.05, 4.69) is 15.0 Å². The topological polar surface area (TPSA) is 130 Å². The Kier molecular flexibility index (Phi) is 3.06. The largest absolute Gasteiger partial charge is 0.396 e. The number of fused-ring (bicyclic) bond motifs is 3. The normalized spacial score (nSPS) is 37.3. The van der Waals surface area contributed by atoms with Crippen LogP contribution in [-0.2, 0) is 0 Å². The van der Waals surface area contributed by atoms with Gasteiger partial charge in [-0.05, 0) is 12.3 Å². The minimum atomic E-state index is -0.682. The molecule has 6 atom stereocenters. The van der Waals surface area contributed by atoms with E-state index in [9.17, 15) is 15.3 Å². The number of aliphatic hydroxyl groups excluding tert-OH is 3. The molecular formula is C13H16ClN5O3. The van der Waals surface area contributed by atoms with E-state index in [1.807, 2.05) is 0 Å². The number of nitrogens with two attached hydrogens (primary N) is 1. The fourth-order valence-corrected chi connectivity index (χ4v) is 4.39. The molecule has 2 fully saturated rings. The molecule has 2 bridgehead atoms. The molecule has 0 amide bonds. The van der Waals surface area contributed by atoms with Gasteiger partial charge in [0, 0.05) is 18.4 Å². The lowest BCUT2D eigenvalue weighted by Gasteiger charge is -2.36. The van der Waals surface area contributed by atoms with Gasteiger partial charge in [0.1, 0.15) is 5.52 Å². The maximum atomic E-state index is 10.6. The molecule has 2 aromatic heterocycles. The van der Waals surface area contributed by atoms with Crippen LogP contribution in [0.5, 0.6) is 0 Å². The van der Waals surface area contributed by atoms with Crippen LogP contribution in [-0.4, -0.2) is 53.7 Å². The highest BCUT2D eigenvalue weighted by molar-refractivity contribution is 6.33. The second kappa shape index (κ2) is 4.76. The first-order valence-electron chi connectivity index (χ1n) is 7.15. The van der Waals surface area contributed by atoms with E-state index >= 15 is 0 Å². The van der Waals surface area contributed by atoms with Crippen LogP contribution in [0.4, 0.5) is 5.95 Å². The number of hydrogen-bond donors (Lipinski definition) is 4. The lowest BCUT2D eigenvalue weighted by molar-refractivity contribution is -0.0524. The van der Waals surface area contributed by atoms with E-state index in [0.29, 0.717) is 17.6 Å². The molecule has 2 aliphatic rings. The molecule has 0 aromatic carbocycles. The van der Waals surface area contributed by atoms with Gasteiger partial charge < -0.3 is 25.6 Å². The number of imidazole rings is 1. The van der Waals surface area contributed by atoms with E-state index in [1.54, 1.807) is 10.9 Å². The Balaban J connectivity index is 1.81. The van der Waals surface area contributed by atoms with Crippen LogP contribution in [0.2, 0.25) is 5.15 Å². The zero-order valence-corrected chi connectivity index (χ0v) is 12.3. The first-order chi connectivity index (χ1) is 10.5. The van der Waals surface area contributed by atoms with Crippen LogP contribution in [0.25, 0.3) is 11.2 Å². The standard InChI is InChI=1S/C13H16ClN5O3/c14-11-7-12(18-13(15)17-11)19(3-16-7)8-5-1-4(10(8)22)6(2-20)9(5)21/h3-6,8-10,20-22H,1-2H2,(H2,15,17,18)/t4-,5-,6-,8-,9-,10-/m1/s1. The third-order valence-corrected chi connectivity index (χ3v) is 5.39. The highest BCUT2D eigenvalue weighted by Crippen LogP contribution is 2.54. The van der Waals surface area contributed by atoms with Gasteiger partial charge in [0.2, 0.25) is 5.95 Å². The third-order valence-electron chi connectivity index (χ3n) is 5.13. The summed E-state index contributed by atoms with van der Waals surface area (Å²) in [6.45, 7) is -0.127. The molecule has 5 N–H and O–H groups in total. The van der Waals surface area contributed by atoms with Crippen LogP contribution in [0.1, 0.15) is 12.5 Å². The number of halogens is 1. The number of rotatable bonds is 2. The number of nitrogen functional groups attached to an aromatic ring is 1. The van der Waals surface area contributed by atoms with Gasteiger partial charge in [0.25, 0.3) is 0 Å². The van der Waals surface area contributed by atoms with Gasteiger partial charge in [-0.2, -0.15) is 9.97 Å². The predicted molar refractivity (Wildman–Crippen MR) is 78.0 cm³/mol. The fourth-order valence-electron chi connectivity index (χ4n) is 4.17. The van der Waals surface area contributed by atoms with Crippen molar-refractivity contribution < 1.29 is 15.3 Å².